The summed E-state index contributed by atoms with van der Waals surface area (Å²) in [5.74, 6) is 0. The fraction of sp³-hybridized carbons (Fsp3) is 0.167. The summed E-state index contributed by atoms with van der Waals surface area (Å²) in [7, 11) is 4.15. The molecule has 0 aliphatic heterocycles. The lowest BCUT2D eigenvalue weighted by molar-refractivity contribution is 0.965. The van der Waals surface area contributed by atoms with Crippen LogP contribution in [0.3, 0.4) is 0 Å². The zero-order valence-electron chi connectivity index (χ0n) is 14.9. The van der Waals surface area contributed by atoms with Crippen LogP contribution in [0.4, 0.5) is 5.69 Å². The van der Waals surface area contributed by atoms with E-state index in [1.165, 1.54) is 39.1 Å². The Kier molecular flexibility index (Phi) is 4.15. The number of hydrogen-bond acceptors (Lipinski definition) is 1. The normalized spacial score (nSPS) is 12.8. The Morgan fingerprint density at radius 3 is 1.72 bits per heavy atom. The molecule has 0 atom stereocenters. The summed E-state index contributed by atoms with van der Waals surface area (Å²) in [5, 5.41) is 0. The van der Waals surface area contributed by atoms with Crippen LogP contribution in [-0.4, -0.2) is 14.1 Å². The molecule has 0 heterocycles. The molecule has 1 aliphatic carbocycles. The summed E-state index contributed by atoms with van der Waals surface area (Å²) >= 11 is 0. The lowest BCUT2D eigenvalue weighted by Crippen LogP contribution is -2.07. The van der Waals surface area contributed by atoms with Gasteiger partial charge in [-0.3, -0.25) is 0 Å². The lowest BCUT2D eigenvalue weighted by atomic mass is 9.92. The van der Waals surface area contributed by atoms with E-state index in [1.807, 2.05) is 0 Å². The van der Waals surface area contributed by atoms with E-state index >= 15 is 0 Å². The van der Waals surface area contributed by atoms with Gasteiger partial charge in [0.1, 0.15) is 0 Å². The van der Waals surface area contributed by atoms with Crippen molar-refractivity contribution in [1.82, 2.24) is 0 Å². The number of hydrogen-bond donors (Lipinski definition) is 0. The third-order valence-electron chi connectivity index (χ3n) is 5.00. The van der Waals surface area contributed by atoms with Crippen LogP contribution in [0.2, 0.25) is 0 Å². The van der Waals surface area contributed by atoms with Crippen LogP contribution in [0.5, 0.6) is 0 Å². The van der Waals surface area contributed by atoms with Crippen molar-refractivity contribution in [3.63, 3.8) is 0 Å². The van der Waals surface area contributed by atoms with Gasteiger partial charge in [-0.2, -0.15) is 0 Å². The molecule has 0 saturated heterocycles. The van der Waals surface area contributed by atoms with Crippen LogP contribution in [0.1, 0.15) is 27.8 Å². The molecule has 25 heavy (non-hydrogen) atoms. The topological polar surface area (TPSA) is 3.24 Å². The van der Waals surface area contributed by atoms with Gasteiger partial charge in [-0.05, 0) is 64.4 Å². The Hall–Kier alpha value is -2.80. The molecule has 0 saturated carbocycles. The minimum absolute atomic E-state index is 1.10. The van der Waals surface area contributed by atoms with Crippen molar-refractivity contribution in [3.05, 3.63) is 101 Å². The maximum atomic E-state index is 2.34. The van der Waals surface area contributed by atoms with Crippen molar-refractivity contribution < 1.29 is 0 Å². The van der Waals surface area contributed by atoms with Gasteiger partial charge in [-0.25, -0.2) is 0 Å². The first-order valence-corrected chi connectivity index (χ1v) is 8.88. The minimum atomic E-state index is 1.10. The molecule has 4 rings (SSSR count). The number of nitrogens with zero attached hydrogens (tertiary/aromatic N) is 1. The number of anilines is 1. The SMILES string of the molecule is CN(C)c1ccc(C=C2c3ccccc3CCc3ccccc32)cc1. The first-order valence-electron chi connectivity index (χ1n) is 8.88. The zero-order chi connectivity index (χ0) is 17.2. The van der Waals surface area contributed by atoms with Crippen LogP contribution in [-0.2, 0) is 12.8 Å². The van der Waals surface area contributed by atoms with Gasteiger partial charge in [-0.15, -0.1) is 0 Å². The zero-order valence-corrected chi connectivity index (χ0v) is 14.9. The second-order valence-electron chi connectivity index (χ2n) is 6.86. The molecule has 1 aliphatic rings. The first-order chi connectivity index (χ1) is 12.2. The Balaban J connectivity index is 1.87. The third kappa shape index (κ3) is 3.10. The lowest BCUT2D eigenvalue weighted by Gasteiger charge is -2.14. The van der Waals surface area contributed by atoms with Crippen molar-refractivity contribution >= 4 is 17.3 Å². The van der Waals surface area contributed by atoms with E-state index in [-0.39, 0.29) is 0 Å². The maximum Gasteiger partial charge on any atom is 0.0361 e. The molecule has 3 aromatic carbocycles. The Labute approximate surface area is 150 Å². The van der Waals surface area contributed by atoms with Crippen LogP contribution in [0.25, 0.3) is 11.6 Å². The van der Waals surface area contributed by atoms with Crippen molar-refractivity contribution in [2.45, 2.75) is 12.8 Å². The maximum absolute atomic E-state index is 2.34. The summed E-state index contributed by atoms with van der Waals surface area (Å²) in [4.78, 5) is 2.13. The second kappa shape index (κ2) is 6.60. The molecule has 0 aromatic heterocycles. The van der Waals surface area contributed by atoms with Crippen molar-refractivity contribution in [2.24, 2.45) is 0 Å². The van der Waals surface area contributed by atoms with Gasteiger partial charge >= 0.3 is 0 Å². The summed E-state index contributed by atoms with van der Waals surface area (Å²) in [6, 6.07) is 26.4. The number of fused-ring (bicyclic) bond motifs is 2. The van der Waals surface area contributed by atoms with Crippen LogP contribution in [0, 0.1) is 0 Å². The summed E-state index contributed by atoms with van der Waals surface area (Å²) in [6.45, 7) is 0. The highest BCUT2D eigenvalue weighted by molar-refractivity contribution is 5.94. The van der Waals surface area contributed by atoms with Gasteiger partial charge < -0.3 is 4.90 Å². The average Bonchev–Trinajstić information content (AvgIpc) is 2.80. The van der Waals surface area contributed by atoms with Crippen molar-refractivity contribution in [1.29, 1.82) is 0 Å². The van der Waals surface area contributed by atoms with Crippen molar-refractivity contribution in [3.8, 4) is 0 Å². The highest BCUT2D eigenvalue weighted by Crippen LogP contribution is 2.34. The Bertz CT molecular complexity index is 867. The molecule has 0 bridgehead atoms. The second-order valence-corrected chi connectivity index (χ2v) is 6.86. The fourth-order valence-electron chi connectivity index (χ4n) is 3.61. The molecular formula is C24H23N. The molecule has 1 nitrogen and oxygen atoms in total. The van der Waals surface area contributed by atoms with Crippen LogP contribution < -0.4 is 4.90 Å². The predicted octanol–water partition coefficient (Wildman–Crippen LogP) is 5.44. The van der Waals surface area contributed by atoms with Crippen LogP contribution in [0.15, 0.2) is 72.8 Å². The van der Waals surface area contributed by atoms with E-state index < -0.39 is 0 Å². The van der Waals surface area contributed by atoms with Gasteiger partial charge in [0.05, 0.1) is 0 Å². The quantitative estimate of drug-likeness (QED) is 0.606. The van der Waals surface area contributed by atoms with Crippen molar-refractivity contribution in [2.75, 3.05) is 19.0 Å². The van der Waals surface area contributed by atoms with Gasteiger partial charge in [0.2, 0.25) is 0 Å². The van der Waals surface area contributed by atoms with E-state index in [1.54, 1.807) is 0 Å². The van der Waals surface area contributed by atoms with Gasteiger partial charge in [0.25, 0.3) is 0 Å². The van der Waals surface area contributed by atoms with Gasteiger partial charge in [0, 0.05) is 19.8 Å². The fourth-order valence-corrected chi connectivity index (χ4v) is 3.61. The van der Waals surface area contributed by atoms with Gasteiger partial charge in [-0.1, -0.05) is 60.7 Å². The first kappa shape index (κ1) is 15.7. The molecule has 0 N–H and O–H groups in total. The molecule has 0 radical (unpaired) electrons. The van der Waals surface area contributed by atoms with E-state index in [4.69, 9.17) is 0 Å². The summed E-state index contributed by atoms with van der Waals surface area (Å²) in [5.41, 5.74) is 9.41. The highest BCUT2D eigenvalue weighted by Gasteiger charge is 2.17. The summed E-state index contributed by atoms with van der Waals surface area (Å²) in [6.07, 6.45) is 4.54. The average molecular weight is 325 g/mol. The Morgan fingerprint density at radius 2 is 1.20 bits per heavy atom. The van der Waals surface area contributed by atoms with E-state index in [2.05, 4.69) is 97.9 Å². The number of rotatable bonds is 2. The summed E-state index contributed by atoms with van der Waals surface area (Å²) < 4.78 is 0. The number of aryl methyl sites for hydroxylation is 2. The molecule has 3 aromatic rings. The molecule has 0 amide bonds. The largest absolute Gasteiger partial charge is 0.378 e. The molecule has 0 unspecified atom stereocenters. The monoisotopic (exact) mass is 325 g/mol. The minimum Gasteiger partial charge on any atom is -0.378 e. The Morgan fingerprint density at radius 1 is 0.680 bits per heavy atom. The van der Waals surface area contributed by atoms with Crippen LogP contribution >= 0.6 is 0 Å². The van der Waals surface area contributed by atoms with E-state index in [0.717, 1.165) is 12.8 Å². The standard InChI is InChI=1S/C24H23N/c1-25(2)21-15-11-18(12-16-21)17-24-22-9-5-3-7-19(22)13-14-20-8-4-6-10-23(20)24/h3-12,15-17H,13-14H2,1-2H3. The van der Waals surface area contributed by atoms with E-state index in [9.17, 15) is 0 Å². The molecule has 1 heteroatoms. The molecule has 0 fully saturated rings. The molecular weight excluding hydrogens is 302 g/mol. The number of benzene rings is 3. The van der Waals surface area contributed by atoms with Gasteiger partial charge in [0.15, 0.2) is 0 Å². The smallest absolute Gasteiger partial charge is 0.0361 e. The molecule has 0 spiro atoms. The molecule has 124 valence electrons. The van der Waals surface area contributed by atoms with E-state index in [0.29, 0.717) is 0 Å². The highest BCUT2D eigenvalue weighted by atomic mass is 15.1. The predicted molar refractivity (Wildman–Crippen MR) is 108 cm³/mol. The third-order valence-corrected chi connectivity index (χ3v) is 5.00.